The van der Waals surface area contributed by atoms with Crippen LogP contribution in [0, 0.1) is 0 Å². The molecule has 1 fully saturated rings. The molecule has 1 aromatic carbocycles. The maximum atomic E-state index is 11.9. The first-order valence-corrected chi connectivity index (χ1v) is 8.17. The number of rotatable bonds is 3. The topological polar surface area (TPSA) is 78.5 Å². The molecule has 20 heavy (non-hydrogen) atoms. The minimum absolute atomic E-state index is 0.0390. The van der Waals surface area contributed by atoms with Crippen LogP contribution in [0.5, 0.6) is 0 Å². The molecule has 1 aromatic rings. The van der Waals surface area contributed by atoms with Crippen LogP contribution in [0.1, 0.15) is 20.3 Å². The molecule has 110 valence electrons. The van der Waals surface area contributed by atoms with Crippen molar-refractivity contribution in [2.45, 2.75) is 26.3 Å². The fraction of sp³-hybridized carbons (Fsp3) is 0.462. The Morgan fingerprint density at radius 1 is 1.35 bits per heavy atom. The lowest BCUT2D eigenvalue weighted by molar-refractivity contribution is 0.250. The zero-order valence-electron chi connectivity index (χ0n) is 11.6. The summed E-state index contributed by atoms with van der Waals surface area (Å²) in [4.78, 5) is 11.6. The van der Waals surface area contributed by atoms with Gasteiger partial charge in [-0.25, -0.2) is 13.2 Å². The highest BCUT2D eigenvalue weighted by molar-refractivity contribution is 7.93. The molecule has 0 spiro atoms. The van der Waals surface area contributed by atoms with Crippen molar-refractivity contribution in [1.82, 2.24) is 5.32 Å². The van der Waals surface area contributed by atoms with E-state index in [-0.39, 0.29) is 17.8 Å². The second-order valence-electron chi connectivity index (χ2n) is 5.05. The molecule has 6 nitrogen and oxygen atoms in total. The summed E-state index contributed by atoms with van der Waals surface area (Å²) in [5, 5.41) is 5.41. The number of urea groups is 1. The first-order chi connectivity index (χ1) is 9.38. The second kappa shape index (κ2) is 5.70. The SMILES string of the molecule is CC(C)NC(=O)Nc1cccc(N2CCCS2(=O)=O)c1. The number of hydrogen-bond donors (Lipinski definition) is 2. The molecule has 0 atom stereocenters. The fourth-order valence-electron chi connectivity index (χ4n) is 2.10. The zero-order chi connectivity index (χ0) is 14.8. The molecule has 2 N–H and O–H groups in total. The third-order valence-electron chi connectivity index (χ3n) is 2.91. The first kappa shape index (κ1) is 14.6. The van der Waals surface area contributed by atoms with Gasteiger partial charge >= 0.3 is 6.03 Å². The number of benzene rings is 1. The van der Waals surface area contributed by atoms with Crippen LogP contribution in [-0.2, 0) is 10.0 Å². The van der Waals surface area contributed by atoms with Crippen molar-refractivity contribution >= 4 is 27.4 Å². The average Bonchev–Trinajstić information content (AvgIpc) is 2.68. The quantitative estimate of drug-likeness (QED) is 0.892. The van der Waals surface area contributed by atoms with Crippen molar-refractivity contribution in [3.05, 3.63) is 24.3 Å². The molecule has 1 heterocycles. The van der Waals surface area contributed by atoms with E-state index in [0.29, 0.717) is 24.3 Å². The maximum absolute atomic E-state index is 11.9. The van der Waals surface area contributed by atoms with Crippen LogP contribution >= 0.6 is 0 Å². The Hall–Kier alpha value is -1.76. The molecule has 7 heteroatoms. The Kier molecular flexibility index (Phi) is 4.17. The van der Waals surface area contributed by atoms with Gasteiger partial charge in [0.05, 0.1) is 11.4 Å². The van der Waals surface area contributed by atoms with Crippen molar-refractivity contribution in [3.63, 3.8) is 0 Å². The summed E-state index contributed by atoms with van der Waals surface area (Å²) < 4.78 is 25.1. The van der Waals surface area contributed by atoms with Crippen LogP contribution in [-0.4, -0.2) is 32.8 Å². The van der Waals surface area contributed by atoms with Crippen LogP contribution in [0.3, 0.4) is 0 Å². The first-order valence-electron chi connectivity index (χ1n) is 6.56. The number of amides is 2. The molecular weight excluding hydrogens is 278 g/mol. The third-order valence-corrected chi connectivity index (χ3v) is 4.78. The smallest absolute Gasteiger partial charge is 0.319 e. The molecule has 0 bridgehead atoms. The maximum Gasteiger partial charge on any atom is 0.319 e. The Morgan fingerprint density at radius 3 is 2.70 bits per heavy atom. The van der Waals surface area contributed by atoms with Gasteiger partial charge in [-0.2, -0.15) is 0 Å². The van der Waals surface area contributed by atoms with Crippen molar-refractivity contribution < 1.29 is 13.2 Å². The fourth-order valence-corrected chi connectivity index (χ4v) is 3.65. The molecule has 0 radical (unpaired) electrons. The predicted molar refractivity (Wildman–Crippen MR) is 79.5 cm³/mol. The van der Waals surface area contributed by atoms with Crippen LogP contribution in [0.4, 0.5) is 16.2 Å². The number of nitrogens with zero attached hydrogens (tertiary/aromatic N) is 1. The highest BCUT2D eigenvalue weighted by Crippen LogP contribution is 2.26. The summed E-state index contributed by atoms with van der Waals surface area (Å²) in [5.41, 5.74) is 1.16. The van der Waals surface area contributed by atoms with E-state index in [2.05, 4.69) is 10.6 Å². The summed E-state index contributed by atoms with van der Waals surface area (Å²) in [6, 6.07) is 6.59. The standard InChI is InChI=1S/C13H19N3O3S/c1-10(2)14-13(17)15-11-5-3-6-12(9-11)16-7-4-8-20(16,18)19/h3,5-6,9-10H,4,7-8H2,1-2H3,(H2,14,15,17). The van der Waals surface area contributed by atoms with E-state index in [1.807, 2.05) is 13.8 Å². The molecule has 0 aromatic heterocycles. The molecule has 1 aliphatic heterocycles. The Labute approximate surface area is 119 Å². The molecule has 2 rings (SSSR count). The summed E-state index contributed by atoms with van der Waals surface area (Å²) in [5.74, 6) is 0.179. The van der Waals surface area contributed by atoms with Crippen LogP contribution in [0.25, 0.3) is 0 Å². The van der Waals surface area contributed by atoms with Gasteiger partial charge in [-0.05, 0) is 38.5 Å². The number of sulfonamides is 1. The monoisotopic (exact) mass is 297 g/mol. The molecular formula is C13H19N3O3S. The largest absolute Gasteiger partial charge is 0.336 e. The van der Waals surface area contributed by atoms with Gasteiger partial charge in [-0.1, -0.05) is 6.07 Å². The van der Waals surface area contributed by atoms with Gasteiger partial charge in [0, 0.05) is 18.3 Å². The summed E-state index contributed by atoms with van der Waals surface area (Å²) in [7, 11) is -3.20. The number of nitrogens with one attached hydrogen (secondary N) is 2. The lowest BCUT2D eigenvalue weighted by Gasteiger charge is -2.18. The Bertz CT molecular complexity index is 599. The zero-order valence-corrected chi connectivity index (χ0v) is 12.4. The van der Waals surface area contributed by atoms with Gasteiger partial charge < -0.3 is 10.6 Å². The molecule has 0 aliphatic carbocycles. The Morgan fingerprint density at radius 2 is 2.10 bits per heavy atom. The molecule has 2 amide bonds. The number of carbonyl (C=O) groups is 1. The van der Waals surface area contributed by atoms with E-state index in [9.17, 15) is 13.2 Å². The van der Waals surface area contributed by atoms with Crippen molar-refractivity contribution in [2.75, 3.05) is 21.9 Å². The second-order valence-corrected chi connectivity index (χ2v) is 7.06. The van der Waals surface area contributed by atoms with Gasteiger partial charge in [0.25, 0.3) is 0 Å². The van der Waals surface area contributed by atoms with E-state index < -0.39 is 10.0 Å². The third kappa shape index (κ3) is 3.41. The van der Waals surface area contributed by atoms with Crippen LogP contribution < -0.4 is 14.9 Å². The van der Waals surface area contributed by atoms with E-state index in [0.717, 1.165) is 0 Å². The van der Waals surface area contributed by atoms with Crippen LogP contribution in [0.2, 0.25) is 0 Å². The van der Waals surface area contributed by atoms with E-state index in [1.54, 1.807) is 24.3 Å². The minimum atomic E-state index is -3.20. The lowest BCUT2D eigenvalue weighted by Crippen LogP contribution is -2.34. The van der Waals surface area contributed by atoms with E-state index in [1.165, 1.54) is 4.31 Å². The highest BCUT2D eigenvalue weighted by Gasteiger charge is 2.28. The summed E-state index contributed by atoms with van der Waals surface area (Å²) in [6.07, 6.45) is 0.633. The molecule has 0 saturated carbocycles. The molecule has 1 aliphatic rings. The molecule has 0 unspecified atom stereocenters. The number of anilines is 2. The van der Waals surface area contributed by atoms with E-state index in [4.69, 9.17) is 0 Å². The lowest BCUT2D eigenvalue weighted by atomic mass is 10.2. The van der Waals surface area contributed by atoms with Gasteiger partial charge in [0.15, 0.2) is 0 Å². The number of carbonyl (C=O) groups excluding carboxylic acids is 1. The van der Waals surface area contributed by atoms with Crippen LogP contribution in [0.15, 0.2) is 24.3 Å². The predicted octanol–water partition coefficient (Wildman–Crippen LogP) is 1.76. The van der Waals surface area contributed by atoms with Gasteiger partial charge in [0.2, 0.25) is 10.0 Å². The summed E-state index contributed by atoms with van der Waals surface area (Å²) in [6.45, 7) is 4.23. The minimum Gasteiger partial charge on any atom is -0.336 e. The van der Waals surface area contributed by atoms with Gasteiger partial charge in [-0.3, -0.25) is 4.31 Å². The van der Waals surface area contributed by atoms with Crippen molar-refractivity contribution in [1.29, 1.82) is 0 Å². The van der Waals surface area contributed by atoms with Gasteiger partial charge in [0.1, 0.15) is 0 Å². The average molecular weight is 297 g/mol. The van der Waals surface area contributed by atoms with Gasteiger partial charge in [-0.15, -0.1) is 0 Å². The molecule has 1 saturated heterocycles. The van der Waals surface area contributed by atoms with Crippen molar-refractivity contribution in [2.24, 2.45) is 0 Å². The highest BCUT2D eigenvalue weighted by atomic mass is 32.2. The Balaban J connectivity index is 2.14. The summed E-state index contributed by atoms with van der Waals surface area (Å²) >= 11 is 0. The normalized spacial score (nSPS) is 17.2. The van der Waals surface area contributed by atoms with E-state index >= 15 is 0 Å². The number of hydrogen-bond acceptors (Lipinski definition) is 3. The van der Waals surface area contributed by atoms with Crippen molar-refractivity contribution in [3.8, 4) is 0 Å².